The molecule has 1 aliphatic rings. The SMILES string of the molecule is CC1CNCCN1c1nc2cc(Cl)c(F)c(-c3nccs3)c2o1. The van der Waals surface area contributed by atoms with Crippen molar-refractivity contribution in [3.63, 3.8) is 0 Å². The summed E-state index contributed by atoms with van der Waals surface area (Å²) < 4.78 is 20.5. The lowest BCUT2D eigenvalue weighted by Crippen LogP contribution is -2.50. The van der Waals surface area contributed by atoms with Gasteiger partial charge in [-0.1, -0.05) is 11.6 Å². The van der Waals surface area contributed by atoms with Crippen molar-refractivity contribution in [3.05, 3.63) is 28.5 Å². The van der Waals surface area contributed by atoms with Gasteiger partial charge in [0.15, 0.2) is 11.4 Å². The summed E-state index contributed by atoms with van der Waals surface area (Å²) in [6, 6.07) is 2.25. The molecule has 8 heteroatoms. The van der Waals surface area contributed by atoms with Gasteiger partial charge in [0.2, 0.25) is 0 Å². The number of rotatable bonds is 2. The minimum Gasteiger partial charge on any atom is -0.423 e. The third-order valence-corrected chi connectivity index (χ3v) is 5.02. The quantitative estimate of drug-likeness (QED) is 0.764. The first-order valence-corrected chi connectivity index (χ1v) is 8.56. The maximum absolute atomic E-state index is 14.5. The molecular weight excluding hydrogens is 339 g/mol. The number of benzene rings is 1. The van der Waals surface area contributed by atoms with E-state index in [-0.39, 0.29) is 16.6 Å². The third-order valence-electron chi connectivity index (χ3n) is 3.95. The highest BCUT2D eigenvalue weighted by Gasteiger charge is 2.26. The minimum absolute atomic E-state index is 0.0240. The molecule has 1 atom stereocenters. The number of thiazole rings is 1. The normalized spacial score (nSPS) is 18.7. The van der Waals surface area contributed by atoms with Gasteiger partial charge >= 0.3 is 0 Å². The molecule has 1 aliphatic heterocycles. The Kier molecular flexibility index (Phi) is 3.71. The average Bonchev–Trinajstić information content (AvgIpc) is 3.18. The van der Waals surface area contributed by atoms with Crippen LogP contribution < -0.4 is 10.2 Å². The number of anilines is 1. The summed E-state index contributed by atoms with van der Waals surface area (Å²) in [6.45, 7) is 4.60. The predicted octanol–water partition coefficient (Wildman–Crippen LogP) is 3.54. The molecule has 0 saturated carbocycles. The Hall–Kier alpha value is -1.70. The van der Waals surface area contributed by atoms with Gasteiger partial charge in [0.1, 0.15) is 10.5 Å². The Balaban J connectivity index is 1.90. The first-order chi connectivity index (χ1) is 11.1. The number of halogens is 2. The Morgan fingerprint density at radius 3 is 3.13 bits per heavy atom. The van der Waals surface area contributed by atoms with E-state index >= 15 is 0 Å². The molecule has 2 aromatic heterocycles. The predicted molar refractivity (Wildman–Crippen MR) is 89.8 cm³/mol. The first kappa shape index (κ1) is 14.9. The van der Waals surface area contributed by atoms with Crippen molar-refractivity contribution in [2.45, 2.75) is 13.0 Å². The van der Waals surface area contributed by atoms with E-state index in [0.29, 0.717) is 22.1 Å². The molecular formula is C15H14ClFN4OS. The number of fused-ring (bicyclic) bond motifs is 1. The number of nitrogens with zero attached hydrogens (tertiary/aromatic N) is 3. The molecule has 3 heterocycles. The molecule has 0 spiro atoms. The van der Waals surface area contributed by atoms with Crippen molar-refractivity contribution >= 4 is 40.1 Å². The molecule has 4 rings (SSSR count). The fourth-order valence-corrected chi connectivity index (χ4v) is 3.66. The van der Waals surface area contributed by atoms with Crippen LogP contribution in [0.4, 0.5) is 10.4 Å². The lowest BCUT2D eigenvalue weighted by Gasteiger charge is -2.32. The molecule has 1 aromatic carbocycles. The number of piperazine rings is 1. The van der Waals surface area contributed by atoms with Gasteiger partial charge < -0.3 is 14.6 Å². The van der Waals surface area contributed by atoms with Gasteiger partial charge in [-0.05, 0) is 13.0 Å². The van der Waals surface area contributed by atoms with Crippen LogP contribution in [0.2, 0.25) is 5.02 Å². The maximum Gasteiger partial charge on any atom is 0.298 e. The zero-order chi connectivity index (χ0) is 16.0. The maximum atomic E-state index is 14.5. The highest BCUT2D eigenvalue weighted by atomic mass is 35.5. The van der Waals surface area contributed by atoms with Crippen LogP contribution in [0.5, 0.6) is 0 Å². The summed E-state index contributed by atoms with van der Waals surface area (Å²) in [5, 5.41) is 5.67. The summed E-state index contributed by atoms with van der Waals surface area (Å²) >= 11 is 7.37. The lowest BCUT2D eigenvalue weighted by molar-refractivity contribution is 0.456. The molecule has 0 amide bonds. The van der Waals surface area contributed by atoms with Gasteiger partial charge in [-0.2, -0.15) is 4.98 Å². The minimum atomic E-state index is -0.523. The zero-order valence-corrected chi connectivity index (χ0v) is 13.9. The highest BCUT2D eigenvalue weighted by molar-refractivity contribution is 7.13. The smallest absolute Gasteiger partial charge is 0.298 e. The van der Waals surface area contributed by atoms with Crippen LogP contribution in [0.3, 0.4) is 0 Å². The van der Waals surface area contributed by atoms with E-state index in [0.717, 1.165) is 19.6 Å². The first-order valence-electron chi connectivity index (χ1n) is 7.31. The third kappa shape index (κ3) is 2.49. The van der Waals surface area contributed by atoms with E-state index in [1.54, 1.807) is 11.6 Å². The summed E-state index contributed by atoms with van der Waals surface area (Å²) in [5.74, 6) is -0.523. The van der Waals surface area contributed by atoms with Crippen molar-refractivity contribution in [2.75, 3.05) is 24.5 Å². The second-order valence-corrected chi connectivity index (χ2v) is 6.78. The van der Waals surface area contributed by atoms with Crippen LogP contribution in [0.25, 0.3) is 21.7 Å². The molecule has 0 bridgehead atoms. The molecule has 120 valence electrons. The molecule has 5 nitrogen and oxygen atoms in total. The molecule has 3 aromatic rings. The molecule has 1 unspecified atom stereocenters. The Morgan fingerprint density at radius 2 is 2.39 bits per heavy atom. The summed E-state index contributed by atoms with van der Waals surface area (Å²) in [6.07, 6.45) is 1.63. The Bertz CT molecular complexity index is 851. The van der Waals surface area contributed by atoms with Gasteiger partial charge in [0.05, 0.1) is 10.6 Å². The fourth-order valence-electron chi connectivity index (χ4n) is 2.79. The zero-order valence-electron chi connectivity index (χ0n) is 12.3. The largest absolute Gasteiger partial charge is 0.423 e. The van der Waals surface area contributed by atoms with Gasteiger partial charge in [0.25, 0.3) is 6.01 Å². The van der Waals surface area contributed by atoms with Crippen molar-refractivity contribution < 1.29 is 8.81 Å². The van der Waals surface area contributed by atoms with Gasteiger partial charge in [-0.3, -0.25) is 0 Å². The Morgan fingerprint density at radius 1 is 1.52 bits per heavy atom. The van der Waals surface area contributed by atoms with Crippen molar-refractivity contribution in [1.82, 2.24) is 15.3 Å². The second kappa shape index (κ2) is 5.74. The summed E-state index contributed by atoms with van der Waals surface area (Å²) in [4.78, 5) is 10.8. The summed E-state index contributed by atoms with van der Waals surface area (Å²) in [5.41, 5.74) is 1.22. The topological polar surface area (TPSA) is 54.2 Å². The van der Waals surface area contributed by atoms with E-state index in [1.165, 1.54) is 17.4 Å². The molecule has 23 heavy (non-hydrogen) atoms. The Labute approximate surface area is 141 Å². The monoisotopic (exact) mass is 352 g/mol. The highest BCUT2D eigenvalue weighted by Crippen LogP contribution is 2.38. The molecule has 0 radical (unpaired) electrons. The van der Waals surface area contributed by atoms with Gasteiger partial charge in [-0.15, -0.1) is 11.3 Å². The van der Waals surface area contributed by atoms with Gasteiger partial charge in [-0.25, -0.2) is 9.37 Å². The van der Waals surface area contributed by atoms with E-state index in [2.05, 4.69) is 27.1 Å². The summed E-state index contributed by atoms with van der Waals surface area (Å²) in [7, 11) is 0. The van der Waals surface area contributed by atoms with Crippen LogP contribution in [-0.2, 0) is 0 Å². The van der Waals surface area contributed by atoms with Crippen LogP contribution in [0.15, 0.2) is 22.1 Å². The van der Waals surface area contributed by atoms with Crippen LogP contribution >= 0.6 is 22.9 Å². The standard InChI is InChI=1S/C15H14ClFN4OS/c1-8-7-18-2-4-21(8)15-20-10-6-9(16)12(17)11(13(10)22-15)14-19-3-5-23-14/h3,5-6,8,18H,2,4,7H2,1H3. The van der Waals surface area contributed by atoms with Crippen molar-refractivity contribution in [1.29, 1.82) is 0 Å². The van der Waals surface area contributed by atoms with Gasteiger partial charge in [0, 0.05) is 37.3 Å². The number of nitrogens with one attached hydrogen (secondary N) is 1. The van der Waals surface area contributed by atoms with Crippen molar-refractivity contribution in [2.24, 2.45) is 0 Å². The van der Waals surface area contributed by atoms with E-state index < -0.39 is 5.82 Å². The molecule has 0 aliphatic carbocycles. The van der Waals surface area contributed by atoms with E-state index in [4.69, 9.17) is 16.0 Å². The van der Waals surface area contributed by atoms with Crippen LogP contribution in [0.1, 0.15) is 6.92 Å². The van der Waals surface area contributed by atoms with Crippen molar-refractivity contribution in [3.8, 4) is 10.6 Å². The second-order valence-electron chi connectivity index (χ2n) is 5.48. The average molecular weight is 353 g/mol. The molecule has 1 saturated heterocycles. The number of hydrogen-bond acceptors (Lipinski definition) is 6. The number of aromatic nitrogens is 2. The molecule has 1 fully saturated rings. The number of hydrogen-bond donors (Lipinski definition) is 1. The number of oxazole rings is 1. The van der Waals surface area contributed by atoms with E-state index in [9.17, 15) is 4.39 Å². The fraction of sp³-hybridized carbons (Fsp3) is 0.333. The lowest BCUT2D eigenvalue weighted by atomic mass is 10.2. The van der Waals surface area contributed by atoms with E-state index in [1.807, 2.05) is 0 Å². The molecule has 1 N–H and O–H groups in total. The van der Waals surface area contributed by atoms with Crippen LogP contribution in [-0.4, -0.2) is 35.6 Å². The van der Waals surface area contributed by atoms with Crippen LogP contribution in [0, 0.1) is 5.82 Å².